The van der Waals surface area contributed by atoms with Gasteiger partial charge in [0, 0.05) is 18.6 Å². The number of rotatable bonds is 4. The highest BCUT2D eigenvalue weighted by atomic mass is 16.3. The first-order chi connectivity index (χ1) is 6.42. The predicted molar refractivity (Wildman–Crippen MR) is 52.7 cm³/mol. The minimum absolute atomic E-state index is 0.320. The Labute approximate surface area is 80.1 Å². The molecule has 0 aromatic carbocycles. The van der Waals surface area contributed by atoms with E-state index < -0.39 is 0 Å². The van der Waals surface area contributed by atoms with E-state index in [-0.39, 0.29) is 0 Å². The molecular weight excluding hydrogens is 164 g/mol. The molecule has 0 amide bonds. The molecule has 0 bridgehead atoms. The summed E-state index contributed by atoms with van der Waals surface area (Å²) < 4.78 is 0. The van der Waals surface area contributed by atoms with Gasteiger partial charge in [-0.1, -0.05) is 0 Å². The number of nitrogens with zero attached hydrogens (tertiary/aromatic N) is 1. The van der Waals surface area contributed by atoms with E-state index in [1.54, 1.807) is 0 Å². The second kappa shape index (κ2) is 4.40. The molecule has 0 radical (unpaired) electrons. The summed E-state index contributed by atoms with van der Waals surface area (Å²) >= 11 is 0. The fraction of sp³-hybridized carbons (Fsp3) is 1.00. The molecule has 1 saturated carbocycles. The summed E-state index contributed by atoms with van der Waals surface area (Å²) in [7, 11) is 0. The zero-order chi connectivity index (χ0) is 9.10. The fourth-order valence-corrected chi connectivity index (χ4v) is 2.32. The first-order valence-electron chi connectivity index (χ1n) is 5.49. The van der Waals surface area contributed by atoms with Crippen LogP contribution >= 0.6 is 0 Å². The molecule has 2 N–H and O–H groups in total. The Morgan fingerprint density at radius 1 is 1.08 bits per heavy atom. The van der Waals surface area contributed by atoms with Crippen molar-refractivity contribution in [1.29, 1.82) is 0 Å². The lowest BCUT2D eigenvalue weighted by Crippen LogP contribution is -2.45. The molecular formula is C10H20N2O. The van der Waals surface area contributed by atoms with Gasteiger partial charge in [-0.15, -0.1) is 0 Å². The van der Waals surface area contributed by atoms with Gasteiger partial charge in [0.05, 0.1) is 6.61 Å². The maximum absolute atomic E-state index is 8.99. The summed E-state index contributed by atoms with van der Waals surface area (Å²) in [5.41, 5.74) is 0. The summed E-state index contributed by atoms with van der Waals surface area (Å²) in [6.45, 7) is 3.51. The van der Waals surface area contributed by atoms with Crippen LogP contribution in [0.1, 0.15) is 25.7 Å². The standard InChI is InChI=1S/C10H20N2O/c13-8-7-12(9-1-2-9)10-3-5-11-6-4-10/h9-11,13H,1-8H2. The van der Waals surface area contributed by atoms with Gasteiger partial charge in [-0.25, -0.2) is 0 Å². The molecule has 1 saturated heterocycles. The molecule has 0 spiro atoms. The van der Waals surface area contributed by atoms with Crippen LogP contribution in [-0.4, -0.2) is 48.3 Å². The van der Waals surface area contributed by atoms with Crippen molar-refractivity contribution in [3.8, 4) is 0 Å². The predicted octanol–water partition coefficient (Wildman–Crippen LogP) is 0.195. The van der Waals surface area contributed by atoms with E-state index in [1.807, 2.05) is 0 Å². The topological polar surface area (TPSA) is 35.5 Å². The second-order valence-electron chi connectivity index (χ2n) is 4.17. The van der Waals surface area contributed by atoms with E-state index in [4.69, 9.17) is 5.11 Å². The van der Waals surface area contributed by atoms with Gasteiger partial charge in [-0.2, -0.15) is 0 Å². The van der Waals surface area contributed by atoms with E-state index in [1.165, 1.54) is 25.7 Å². The maximum atomic E-state index is 8.99. The zero-order valence-corrected chi connectivity index (χ0v) is 8.21. The van der Waals surface area contributed by atoms with Gasteiger partial charge in [0.25, 0.3) is 0 Å². The van der Waals surface area contributed by atoms with Crippen molar-refractivity contribution in [3.05, 3.63) is 0 Å². The van der Waals surface area contributed by atoms with Crippen molar-refractivity contribution >= 4 is 0 Å². The van der Waals surface area contributed by atoms with Crippen LogP contribution < -0.4 is 5.32 Å². The van der Waals surface area contributed by atoms with Crippen LogP contribution in [0.5, 0.6) is 0 Å². The average molecular weight is 184 g/mol. The lowest BCUT2D eigenvalue weighted by molar-refractivity contribution is 0.121. The Morgan fingerprint density at radius 3 is 2.23 bits per heavy atom. The third kappa shape index (κ3) is 2.42. The van der Waals surface area contributed by atoms with Gasteiger partial charge in [0.1, 0.15) is 0 Å². The smallest absolute Gasteiger partial charge is 0.0558 e. The molecule has 76 valence electrons. The van der Waals surface area contributed by atoms with Crippen LogP contribution in [0, 0.1) is 0 Å². The molecule has 0 atom stereocenters. The average Bonchev–Trinajstić information content (AvgIpc) is 2.99. The maximum Gasteiger partial charge on any atom is 0.0558 e. The number of nitrogens with one attached hydrogen (secondary N) is 1. The van der Waals surface area contributed by atoms with Crippen molar-refractivity contribution in [2.45, 2.75) is 37.8 Å². The number of aliphatic hydroxyl groups is 1. The number of hydrogen-bond donors (Lipinski definition) is 2. The number of aliphatic hydroxyl groups excluding tert-OH is 1. The van der Waals surface area contributed by atoms with Crippen molar-refractivity contribution in [3.63, 3.8) is 0 Å². The minimum Gasteiger partial charge on any atom is -0.395 e. The van der Waals surface area contributed by atoms with E-state index in [2.05, 4.69) is 10.2 Å². The summed E-state index contributed by atoms with van der Waals surface area (Å²) in [6.07, 6.45) is 5.22. The van der Waals surface area contributed by atoms with Crippen molar-refractivity contribution in [2.24, 2.45) is 0 Å². The molecule has 2 fully saturated rings. The SMILES string of the molecule is OCCN(C1CCNCC1)C1CC1. The molecule has 1 heterocycles. The van der Waals surface area contributed by atoms with Gasteiger partial charge in [0.2, 0.25) is 0 Å². The Hall–Kier alpha value is -0.120. The molecule has 0 aromatic heterocycles. The van der Waals surface area contributed by atoms with Crippen LogP contribution in [0.2, 0.25) is 0 Å². The summed E-state index contributed by atoms with van der Waals surface area (Å²) in [6, 6.07) is 1.54. The first-order valence-corrected chi connectivity index (χ1v) is 5.49. The monoisotopic (exact) mass is 184 g/mol. The number of hydrogen-bond acceptors (Lipinski definition) is 3. The molecule has 13 heavy (non-hydrogen) atoms. The van der Waals surface area contributed by atoms with Crippen LogP contribution in [0.4, 0.5) is 0 Å². The highest BCUT2D eigenvalue weighted by Gasteiger charge is 2.33. The van der Waals surface area contributed by atoms with Crippen LogP contribution in [0.25, 0.3) is 0 Å². The molecule has 1 aliphatic heterocycles. The Morgan fingerprint density at radius 2 is 1.69 bits per heavy atom. The van der Waals surface area contributed by atoms with Crippen molar-refractivity contribution in [2.75, 3.05) is 26.2 Å². The van der Waals surface area contributed by atoms with Gasteiger partial charge in [0.15, 0.2) is 0 Å². The van der Waals surface area contributed by atoms with Crippen LogP contribution in [0.15, 0.2) is 0 Å². The molecule has 2 rings (SSSR count). The molecule has 0 aromatic rings. The van der Waals surface area contributed by atoms with Crippen molar-refractivity contribution < 1.29 is 5.11 Å². The van der Waals surface area contributed by atoms with E-state index >= 15 is 0 Å². The molecule has 3 nitrogen and oxygen atoms in total. The Bertz CT molecular complexity index is 153. The molecule has 2 aliphatic rings. The van der Waals surface area contributed by atoms with Crippen molar-refractivity contribution in [1.82, 2.24) is 10.2 Å². The van der Waals surface area contributed by atoms with Gasteiger partial charge in [-0.05, 0) is 38.8 Å². The normalized spacial score (nSPS) is 25.4. The molecule has 1 aliphatic carbocycles. The Balaban J connectivity index is 1.84. The van der Waals surface area contributed by atoms with E-state index in [0.717, 1.165) is 31.7 Å². The number of piperidine rings is 1. The molecule has 3 heteroatoms. The highest BCUT2D eigenvalue weighted by molar-refractivity contribution is 4.90. The summed E-state index contributed by atoms with van der Waals surface area (Å²) in [4.78, 5) is 2.53. The lowest BCUT2D eigenvalue weighted by Gasteiger charge is -2.34. The van der Waals surface area contributed by atoms with Gasteiger partial charge < -0.3 is 10.4 Å². The van der Waals surface area contributed by atoms with Crippen LogP contribution in [-0.2, 0) is 0 Å². The summed E-state index contributed by atoms with van der Waals surface area (Å²) in [5.74, 6) is 0. The third-order valence-electron chi connectivity index (χ3n) is 3.15. The molecule has 0 unspecified atom stereocenters. The van der Waals surface area contributed by atoms with Gasteiger partial charge in [-0.3, -0.25) is 4.90 Å². The second-order valence-corrected chi connectivity index (χ2v) is 4.17. The first kappa shape index (κ1) is 9.44. The van der Waals surface area contributed by atoms with E-state index in [0.29, 0.717) is 6.61 Å². The third-order valence-corrected chi connectivity index (χ3v) is 3.15. The quantitative estimate of drug-likeness (QED) is 0.655. The zero-order valence-electron chi connectivity index (χ0n) is 8.21. The fourth-order valence-electron chi connectivity index (χ4n) is 2.32. The minimum atomic E-state index is 0.320. The van der Waals surface area contributed by atoms with Crippen LogP contribution in [0.3, 0.4) is 0 Å². The summed E-state index contributed by atoms with van der Waals surface area (Å²) in [5, 5.41) is 12.4. The largest absolute Gasteiger partial charge is 0.395 e. The van der Waals surface area contributed by atoms with E-state index in [9.17, 15) is 0 Å². The Kier molecular flexibility index (Phi) is 3.19. The lowest BCUT2D eigenvalue weighted by atomic mass is 10.0. The highest BCUT2D eigenvalue weighted by Crippen LogP contribution is 2.30. The van der Waals surface area contributed by atoms with Gasteiger partial charge >= 0.3 is 0 Å².